The van der Waals surface area contributed by atoms with Crippen LogP contribution in [0.3, 0.4) is 0 Å². The van der Waals surface area contributed by atoms with Crippen LogP contribution in [0.1, 0.15) is 63.8 Å². The molecule has 0 saturated carbocycles. The maximum absolute atomic E-state index is 10.8. The van der Waals surface area contributed by atoms with E-state index in [2.05, 4.69) is 20.1 Å². The largest absolute Gasteiger partial charge is 0.481 e. The minimum Gasteiger partial charge on any atom is -0.481 e. The zero-order chi connectivity index (χ0) is 28.5. The van der Waals surface area contributed by atoms with Crippen molar-refractivity contribution in [3.8, 4) is 6.07 Å². The Morgan fingerprint density at radius 1 is 1.28 bits per heavy atom. The molecule has 1 aromatic carbocycles. The highest BCUT2D eigenvalue weighted by atomic mass is 35.5. The van der Waals surface area contributed by atoms with E-state index in [1.54, 1.807) is 18.3 Å². The number of hydrogen-bond acceptors (Lipinski definition) is 8. The van der Waals surface area contributed by atoms with E-state index in [9.17, 15) is 10.1 Å². The summed E-state index contributed by atoms with van der Waals surface area (Å²) < 4.78 is 0. The molecule has 0 spiro atoms. The van der Waals surface area contributed by atoms with E-state index in [1.165, 1.54) is 6.42 Å². The van der Waals surface area contributed by atoms with Crippen LogP contribution in [-0.4, -0.2) is 64.4 Å². The van der Waals surface area contributed by atoms with Gasteiger partial charge < -0.3 is 20.2 Å². The highest BCUT2D eigenvalue weighted by Crippen LogP contribution is 2.34. The summed E-state index contributed by atoms with van der Waals surface area (Å²) in [7, 11) is 0. The number of nitrogens with one attached hydrogen (secondary N) is 2. The van der Waals surface area contributed by atoms with E-state index in [0.717, 1.165) is 44.7 Å². The summed E-state index contributed by atoms with van der Waals surface area (Å²) in [5.74, 6) is 1.47. The number of nitrogens with zero attached hydrogens (tertiary/aromatic N) is 5. The Morgan fingerprint density at radius 3 is 2.69 bits per heavy atom. The van der Waals surface area contributed by atoms with E-state index in [1.807, 2.05) is 32.9 Å². The van der Waals surface area contributed by atoms with Crippen molar-refractivity contribution in [2.45, 2.75) is 52.5 Å². The van der Waals surface area contributed by atoms with Gasteiger partial charge in [-0.25, -0.2) is 9.97 Å². The molecule has 0 bridgehead atoms. The third kappa shape index (κ3) is 8.04. The molecule has 2 saturated heterocycles. The van der Waals surface area contributed by atoms with Crippen LogP contribution in [0.5, 0.6) is 0 Å². The summed E-state index contributed by atoms with van der Waals surface area (Å²) in [6, 6.07) is 6.88. The molecule has 0 radical (unpaired) electrons. The molecule has 9 nitrogen and oxygen atoms in total. The third-order valence-corrected chi connectivity index (χ3v) is 7.76. The van der Waals surface area contributed by atoms with Crippen molar-refractivity contribution in [1.82, 2.24) is 14.9 Å². The first-order chi connectivity index (χ1) is 18.7. The van der Waals surface area contributed by atoms with Crippen LogP contribution < -0.4 is 10.2 Å². The molecule has 4 rings (SSSR count). The normalized spacial score (nSPS) is 18.3. The van der Waals surface area contributed by atoms with Crippen molar-refractivity contribution in [3.63, 3.8) is 0 Å². The number of hydrogen-bond donors (Lipinski definition) is 3. The number of aromatic nitrogens is 2. The topological polar surface area (TPSA) is 129 Å². The minimum atomic E-state index is -0.736. The second-order valence-corrected chi connectivity index (χ2v) is 10.7. The first-order valence-electron chi connectivity index (χ1n) is 13.5. The molecule has 2 atom stereocenters. The number of nitriles is 1. The van der Waals surface area contributed by atoms with E-state index in [0.29, 0.717) is 39.9 Å². The van der Waals surface area contributed by atoms with E-state index in [4.69, 9.17) is 38.7 Å². The molecule has 3 heterocycles. The van der Waals surface area contributed by atoms with Gasteiger partial charge in [0.15, 0.2) is 11.5 Å². The lowest BCUT2D eigenvalue weighted by molar-refractivity contribution is -0.137. The van der Waals surface area contributed by atoms with Gasteiger partial charge in [0.25, 0.3) is 0 Å². The smallest absolute Gasteiger partial charge is 0.303 e. The van der Waals surface area contributed by atoms with Crippen LogP contribution in [0.2, 0.25) is 10.0 Å². The quantitative estimate of drug-likeness (QED) is 0.300. The standard InChI is InChI=1S/C26H31Cl2N7O2.C2H6/c1-16(20-7-6-19(27)10-21(20)28)32-26-25(22(30)11-29)31-12-23(33-26)35-14-18(15-35)17-4-2-8-34(13-17)9-3-5-24(36)37;1-2/h6-7,10,12,16-18,30H,2-5,8-9,13-15H2,1H3,(H,32,33)(H,36,37);1-2H3. The number of halogens is 2. The molecule has 11 heteroatoms. The first kappa shape index (κ1) is 30.6. The molecule has 2 unspecified atom stereocenters. The lowest BCUT2D eigenvalue weighted by Gasteiger charge is -2.47. The Morgan fingerprint density at radius 2 is 2.03 bits per heavy atom. The summed E-state index contributed by atoms with van der Waals surface area (Å²) in [6.07, 6.45) is 4.85. The van der Waals surface area contributed by atoms with Gasteiger partial charge >= 0.3 is 5.97 Å². The van der Waals surface area contributed by atoms with Crippen LogP contribution in [0.25, 0.3) is 0 Å². The van der Waals surface area contributed by atoms with Crippen molar-refractivity contribution in [2.75, 3.05) is 42.9 Å². The van der Waals surface area contributed by atoms with Crippen LogP contribution in [0.15, 0.2) is 24.4 Å². The number of carboxylic acids is 1. The average molecular weight is 575 g/mol. The van der Waals surface area contributed by atoms with Crippen LogP contribution in [0.4, 0.5) is 11.6 Å². The molecule has 3 N–H and O–H groups in total. The van der Waals surface area contributed by atoms with Crippen LogP contribution >= 0.6 is 23.2 Å². The van der Waals surface area contributed by atoms with Gasteiger partial charge in [0, 0.05) is 36.1 Å². The molecular weight excluding hydrogens is 537 g/mol. The lowest BCUT2D eigenvalue weighted by atomic mass is 9.80. The van der Waals surface area contributed by atoms with Crippen molar-refractivity contribution in [3.05, 3.63) is 45.7 Å². The average Bonchev–Trinajstić information content (AvgIpc) is 2.89. The van der Waals surface area contributed by atoms with E-state index < -0.39 is 5.97 Å². The minimum absolute atomic E-state index is 0.199. The number of rotatable bonds is 10. The highest BCUT2D eigenvalue weighted by molar-refractivity contribution is 6.35. The van der Waals surface area contributed by atoms with Crippen LogP contribution in [0, 0.1) is 28.6 Å². The molecular formula is C28H37Cl2N7O2. The molecule has 39 heavy (non-hydrogen) atoms. The van der Waals surface area contributed by atoms with Crippen molar-refractivity contribution in [1.29, 1.82) is 10.7 Å². The number of aliphatic carboxylic acids is 1. The Bertz CT molecular complexity index is 1200. The molecule has 1 aromatic heterocycles. The first-order valence-corrected chi connectivity index (χ1v) is 14.3. The van der Waals surface area contributed by atoms with Gasteiger partial charge in [-0.1, -0.05) is 43.1 Å². The Labute approximate surface area is 240 Å². The van der Waals surface area contributed by atoms with Gasteiger partial charge in [0.05, 0.1) is 12.2 Å². The van der Waals surface area contributed by atoms with Crippen molar-refractivity contribution < 1.29 is 9.90 Å². The monoisotopic (exact) mass is 573 g/mol. The molecule has 210 valence electrons. The van der Waals surface area contributed by atoms with E-state index in [-0.39, 0.29) is 23.9 Å². The molecule has 2 aliphatic heterocycles. The summed E-state index contributed by atoms with van der Waals surface area (Å²) in [5, 5.41) is 30.6. The second-order valence-electron chi connectivity index (χ2n) is 9.81. The fourth-order valence-electron chi connectivity index (χ4n) is 5.14. The number of carbonyl (C=O) groups is 1. The molecule has 2 aromatic rings. The summed E-state index contributed by atoms with van der Waals surface area (Å²) in [4.78, 5) is 24.6. The van der Waals surface area contributed by atoms with Gasteiger partial charge in [0.2, 0.25) is 0 Å². The molecule has 2 aliphatic rings. The Hall–Kier alpha value is -2.93. The molecule has 0 aliphatic carbocycles. The predicted molar refractivity (Wildman–Crippen MR) is 156 cm³/mol. The number of piperidine rings is 1. The number of carboxylic acid groups (broad SMARTS) is 1. The highest BCUT2D eigenvalue weighted by Gasteiger charge is 2.36. The Balaban J connectivity index is 0.00000205. The Kier molecular flexibility index (Phi) is 11.3. The molecule has 2 fully saturated rings. The summed E-state index contributed by atoms with van der Waals surface area (Å²) >= 11 is 12.4. The third-order valence-electron chi connectivity index (χ3n) is 7.20. The SMILES string of the molecule is CC.CC(Nc1nc(N2CC(C3CCCN(CCCC(=O)O)C3)C2)cnc1C(=N)C#N)c1ccc(Cl)cc1Cl. The maximum Gasteiger partial charge on any atom is 0.303 e. The predicted octanol–water partition coefficient (Wildman–Crippen LogP) is 5.89. The summed E-state index contributed by atoms with van der Waals surface area (Å²) in [6.45, 7) is 10.5. The van der Waals surface area contributed by atoms with E-state index >= 15 is 0 Å². The summed E-state index contributed by atoms with van der Waals surface area (Å²) in [5.41, 5.74) is 0.758. The van der Waals surface area contributed by atoms with Crippen molar-refractivity contribution in [2.24, 2.45) is 11.8 Å². The lowest BCUT2D eigenvalue weighted by Crippen LogP contribution is -2.54. The number of likely N-dealkylation sites (tertiary alicyclic amines) is 1. The zero-order valence-electron chi connectivity index (χ0n) is 22.8. The van der Waals surface area contributed by atoms with Gasteiger partial charge in [-0.05, 0) is 68.8 Å². The van der Waals surface area contributed by atoms with Gasteiger partial charge in [-0.2, -0.15) is 5.26 Å². The fourth-order valence-corrected chi connectivity index (χ4v) is 5.71. The van der Waals surface area contributed by atoms with Crippen LogP contribution in [-0.2, 0) is 4.79 Å². The number of benzene rings is 1. The zero-order valence-corrected chi connectivity index (χ0v) is 24.3. The number of anilines is 2. The van der Waals surface area contributed by atoms with Gasteiger partial charge in [-0.15, -0.1) is 0 Å². The second kappa shape index (κ2) is 14.5. The maximum atomic E-state index is 10.8. The van der Waals surface area contributed by atoms with Gasteiger partial charge in [0.1, 0.15) is 17.6 Å². The van der Waals surface area contributed by atoms with Gasteiger partial charge in [-0.3, -0.25) is 10.2 Å². The van der Waals surface area contributed by atoms with Crippen molar-refractivity contribution >= 4 is 46.5 Å². The fraction of sp³-hybridized carbons (Fsp3) is 0.536. The molecule has 0 amide bonds.